The number of alkyl halides is 12. The molecule has 0 aliphatic carbocycles. The van der Waals surface area contributed by atoms with Gasteiger partial charge in [0.2, 0.25) is 0 Å². The minimum absolute atomic E-state index is 0.267. The fourth-order valence-electron chi connectivity index (χ4n) is 3.83. The van der Waals surface area contributed by atoms with E-state index in [1.807, 2.05) is 30.7 Å². The van der Waals surface area contributed by atoms with Crippen molar-refractivity contribution in [3.05, 3.63) is 60.2 Å². The molecule has 14 nitrogen and oxygen atoms in total. The van der Waals surface area contributed by atoms with Crippen LogP contribution >= 0.6 is 0 Å². The number of aromatic nitrogens is 2. The first-order chi connectivity index (χ1) is 24.6. The predicted molar refractivity (Wildman–Crippen MR) is 153 cm³/mol. The summed E-state index contributed by atoms with van der Waals surface area (Å²) in [6.45, 7) is 7.50. The molecule has 0 aromatic carbocycles. The van der Waals surface area contributed by atoms with Gasteiger partial charge in [-0.15, -0.1) is 0 Å². The molecule has 0 bridgehead atoms. The van der Waals surface area contributed by atoms with Gasteiger partial charge in [0.1, 0.15) is 5.60 Å². The van der Waals surface area contributed by atoms with Gasteiger partial charge in [-0.3, -0.25) is 19.8 Å². The molecule has 2 aromatic rings. The third-order valence-electron chi connectivity index (χ3n) is 5.99. The number of carbonyl (C=O) groups is 4. The van der Waals surface area contributed by atoms with E-state index in [0.717, 1.165) is 58.2 Å². The number of hydrogen-bond donors (Lipinski definition) is 4. The number of aliphatic carboxylic acids is 4. The van der Waals surface area contributed by atoms with E-state index < -0.39 is 48.6 Å². The molecule has 26 heteroatoms. The topological polar surface area (TPSA) is 200 Å². The quantitative estimate of drug-likeness (QED) is 0.322. The smallest absolute Gasteiger partial charge is 0.475 e. The highest BCUT2D eigenvalue weighted by Crippen LogP contribution is 2.24. The molecule has 4 N–H and O–H groups in total. The second-order valence-corrected chi connectivity index (χ2v) is 10.4. The number of halogens is 12. The lowest BCUT2D eigenvalue weighted by Crippen LogP contribution is -2.58. The highest BCUT2D eigenvalue weighted by atomic mass is 19.4. The molecule has 0 saturated carbocycles. The zero-order valence-electron chi connectivity index (χ0n) is 27.0. The fraction of sp³-hybridized carbons (Fsp3) is 0.500. The largest absolute Gasteiger partial charge is 0.490 e. The van der Waals surface area contributed by atoms with Crippen molar-refractivity contribution in [2.75, 3.05) is 46.0 Å². The standard InChI is InChI=1S/C20H26N4O2.4C2HF3O2/c1-2-6-22-19(3-1)14-24-10-12-26-20(16-24)15-23(9-11-25-17-20)13-18-4-7-21-8-5-18;4*3-2(4,5)1(6)7/h1-8H,9-17H2;4*(H,6,7). The zero-order valence-corrected chi connectivity index (χ0v) is 27.0. The van der Waals surface area contributed by atoms with Gasteiger partial charge in [-0.1, -0.05) is 6.07 Å². The maximum Gasteiger partial charge on any atom is 0.490 e. The van der Waals surface area contributed by atoms with E-state index in [2.05, 4.69) is 38.0 Å². The number of pyridine rings is 2. The van der Waals surface area contributed by atoms with Crippen LogP contribution in [0.25, 0.3) is 0 Å². The summed E-state index contributed by atoms with van der Waals surface area (Å²) in [5, 5.41) is 28.5. The van der Waals surface area contributed by atoms with Crippen LogP contribution in [0, 0.1) is 0 Å². The van der Waals surface area contributed by atoms with Crippen LogP contribution in [0.4, 0.5) is 52.7 Å². The van der Waals surface area contributed by atoms with Crippen LogP contribution in [0.2, 0.25) is 0 Å². The normalized spacial score (nSPS) is 18.0. The monoisotopic (exact) mass is 810 g/mol. The van der Waals surface area contributed by atoms with E-state index in [-0.39, 0.29) is 5.60 Å². The molecule has 2 fully saturated rings. The Labute approximate surface area is 295 Å². The number of morpholine rings is 1. The van der Waals surface area contributed by atoms with Crippen molar-refractivity contribution in [2.45, 2.75) is 43.4 Å². The summed E-state index contributed by atoms with van der Waals surface area (Å²) >= 11 is 0. The van der Waals surface area contributed by atoms with Crippen LogP contribution in [0.1, 0.15) is 11.3 Å². The van der Waals surface area contributed by atoms with Crippen molar-refractivity contribution in [2.24, 2.45) is 0 Å². The van der Waals surface area contributed by atoms with E-state index in [4.69, 9.17) is 49.1 Å². The Morgan fingerprint density at radius 1 is 0.630 bits per heavy atom. The van der Waals surface area contributed by atoms with Crippen molar-refractivity contribution in [1.82, 2.24) is 19.8 Å². The van der Waals surface area contributed by atoms with Crippen LogP contribution in [0.15, 0.2) is 48.9 Å². The average Bonchev–Trinajstić information content (AvgIpc) is 3.22. The Hall–Kier alpha value is -4.82. The molecule has 4 heterocycles. The van der Waals surface area contributed by atoms with Gasteiger partial charge in [-0.25, -0.2) is 19.2 Å². The highest BCUT2D eigenvalue weighted by Gasteiger charge is 2.41. The first kappa shape index (κ1) is 49.2. The number of nitrogens with zero attached hydrogens (tertiary/aromatic N) is 4. The molecule has 2 aliphatic rings. The lowest BCUT2D eigenvalue weighted by Gasteiger charge is -2.43. The van der Waals surface area contributed by atoms with Crippen LogP contribution in [-0.2, 0) is 41.7 Å². The molecule has 2 saturated heterocycles. The van der Waals surface area contributed by atoms with Gasteiger partial charge in [-0.05, 0) is 29.8 Å². The molecule has 2 aromatic heterocycles. The fourth-order valence-corrected chi connectivity index (χ4v) is 3.83. The first-order valence-electron chi connectivity index (χ1n) is 14.2. The SMILES string of the molecule is O=C(O)C(F)(F)F.O=C(O)C(F)(F)F.O=C(O)C(F)(F)F.O=C(O)C(F)(F)F.c1ccc(CN2CCOC3(COCCN(Cc4ccncc4)C3)C2)nc1. The lowest BCUT2D eigenvalue weighted by atomic mass is 10.0. The first-order valence-corrected chi connectivity index (χ1v) is 14.2. The molecule has 1 atom stereocenters. The number of ether oxygens (including phenoxy) is 2. The minimum Gasteiger partial charge on any atom is -0.475 e. The third-order valence-corrected chi connectivity index (χ3v) is 5.99. The Kier molecular flexibility index (Phi) is 19.8. The van der Waals surface area contributed by atoms with Gasteiger partial charge in [0, 0.05) is 57.9 Å². The number of hydrogen-bond acceptors (Lipinski definition) is 10. The van der Waals surface area contributed by atoms with E-state index in [0.29, 0.717) is 6.61 Å². The van der Waals surface area contributed by atoms with Gasteiger partial charge >= 0.3 is 48.6 Å². The van der Waals surface area contributed by atoms with Gasteiger partial charge in [-0.2, -0.15) is 52.7 Å². The Morgan fingerprint density at radius 3 is 1.43 bits per heavy atom. The van der Waals surface area contributed by atoms with Crippen molar-refractivity contribution >= 4 is 23.9 Å². The molecule has 2 aliphatic heterocycles. The Morgan fingerprint density at radius 2 is 1.04 bits per heavy atom. The summed E-state index contributed by atoms with van der Waals surface area (Å²) in [5.41, 5.74) is 2.11. The van der Waals surface area contributed by atoms with Crippen LogP contribution in [-0.4, -0.2) is 140 Å². The third kappa shape index (κ3) is 21.6. The number of rotatable bonds is 4. The molecule has 1 spiro atoms. The van der Waals surface area contributed by atoms with Gasteiger partial charge < -0.3 is 29.9 Å². The molecule has 1 unspecified atom stereocenters. The van der Waals surface area contributed by atoms with Crippen LogP contribution in [0.5, 0.6) is 0 Å². The minimum atomic E-state index is -5.08. The van der Waals surface area contributed by atoms with E-state index in [9.17, 15) is 52.7 Å². The van der Waals surface area contributed by atoms with E-state index in [1.54, 1.807) is 0 Å². The predicted octanol–water partition coefficient (Wildman–Crippen LogP) is 4.11. The van der Waals surface area contributed by atoms with E-state index >= 15 is 0 Å². The molecule has 306 valence electrons. The summed E-state index contributed by atoms with van der Waals surface area (Å²) in [5.74, 6) is -11.0. The lowest BCUT2D eigenvalue weighted by molar-refractivity contribution is -0.193. The van der Waals surface area contributed by atoms with Crippen molar-refractivity contribution < 1.29 is 102 Å². The molecule has 0 radical (unpaired) electrons. The van der Waals surface area contributed by atoms with Crippen molar-refractivity contribution in [1.29, 1.82) is 0 Å². The number of carboxylic acids is 4. The summed E-state index contributed by atoms with van der Waals surface area (Å²) < 4.78 is 139. The maximum absolute atomic E-state index is 10.6. The highest BCUT2D eigenvalue weighted by molar-refractivity contribution is 5.74. The van der Waals surface area contributed by atoms with Crippen molar-refractivity contribution in [3.63, 3.8) is 0 Å². The molecule has 0 amide bonds. The molecule has 54 heavy (non-hydrogen) atoms. The van der Waals surface area contributed by atoms with Crippen LogP contribution < -0.4 is 0 Å². The second kappa shape index (κ2) is 21.8. The summed E-state index contributed by atoms with van der Waals surface area (Å²) in [4.78, 5) is 49.0. The van der Waals surface area contributed by atoms with Gasteiger partial charge in [0.15, 0.2) is 0 Å². The van der Waals surface area contributed by atoms with Crippen LogP contribution in [0.3, 0.4) is 0 Å². The molecular weight excluding hydrogens is 780 g/mol. The molecule has 4 rings (SSSR count). The molecular formula is C28H30F12N4O10. The van der Waals surface area contributed by atoms with Gasteiger partial charge in [0.25, 0.3) is 0 Å². The number of carboxylic acid groups (broad SMARTS) is 4. The Balaban J connectivity index is 0.000000820. The Bertz CT molecular complexity index is 1350. The average molecular weight is 811 g/mol. The van der Waals surface area contributed by atoms with Gasteiger partial charge in [0.05, 0.1) is 25.5 Å². The summed E-state index contributed by atoms with van der Waals surface area (Å²) in [6.07, 6.45) is -14.8. The zero-order chi connectivity index (χ0) is 42.0. The van der Waals surface area contributed by atoms with Crippen molar-refractivity contribution in [3.8, 4) is 0 Å². The maximum atomic E-state index is 10.6. The second-order valence-electron chi connectivity index (χ2n) is 10.4. The summed E-state index contributed by atoms with van der Waals surface area (Å²) in [6, 6.07) is 10.2. The summed E-state index contributed by atoms with van der Waals surface area (Å²) in [7, 11) is 0. The van der Waals surface area contributed by atoms with E-state index in [1.165, 1.54) is 5.56 Å².